The first-order chi connectivity index (χ1) is 14.5. The maximum absolute atomic E-state index is 13.2. The molecule has 0 radical (unpaired) electrons. The van der Waals surface area contributed by atoms with Crippen LogP contribution in [0.15, 0.2) is 54.6 Å². The van der Waals surface area contributed by atoms with Crippen LogP contribution in [-0.4, -0.2) is 50.7 Å². The maximum Gasteiger partial charge on any atom is 0.265 e. The molecule has 0 saturated carbocycles. The minimum absolute atomic E-state index is 0.0207. The van der Waals surface area contributed by atoms with E-state index in [1.165, 1.54) is 9.87 Å². The maximum atomic E-state index is 13.2. The molecule has 0 aliphatic carbocycles. The van der Waals surface area contributed by atoms with Crippen LogP contribution in [0.5, 0.6) is 5.75 Å². The number of anilines is 1. The predicted molar refractivity (Wildman–Crippen MR) is 117 cm³/mol. The average molecular weight is 429 g/mol. The summed E-state index contributed by atoms with van der Waals surface area (Å²) in [6.45, 7) is 2.99. The smallest absolute Gasteiger partial charge is 0.265 e. The SMILES string of the molecule is CCS(=O)(=O)N1C[C@H](C(=O)N2CCC(Cc3ccccc3)CC2)Oc2ccccc21. The highest BCUT2D eigenvalue weighted by atomic mass is 32.2. The number of para-hydroxylation sites is 2. The summed E-state index contributed by atoms with van der Waals surface area (Å²) in [5.41, 5.74) is 1.83. The van der Waals surface area contributed by atoms with Gasteiger partial charge in [-0.3, -0.25) is 9.10 Å². The Morgan fingerprint density at radius 2 is 1.70 bits per heavy atom. The zero-order chi connectivity index (χ0) is 21.1. The lowest BCUT2D eigenvalue weighted by molar-refractivity contribution is -0.139. The van der Waals surface area contributed by atoms with Gasteiger partial charge in [0, 0.05) is 13.1 Å². The summed E-state index contributed by atoms with van der Waals surface area (Å²) < 4.78 is 32.5. The van der Waals surface area contributed by atoms with E-state index in [1.54, 1.807) is 31.2 Å². The standard InChI is InChI=1S/C23H28N2O4S/c1-2-30(27,28)25-17-22(29-21-11-7-6-10-20(21)25)23(26)24-14-12-19(13-15-24)16-18-8-4-3-5-9-18/h3-11,19,22H,2,12-17H2,1H3/t22-/m1/s1. The molecule has 2 aromatic carbocycles. The number of benzene rings is 2. The van der Waals surface area contributed by atoms with Crippen molar-refractivity contribution in [3.05, 3.63) is 60.2 Å². The van der Waals surface area contributed by atoms with Crippen LogP contribution >= 0.6 is 0 Å². The van der Waals surface area contributed by atoms with Crippen LogP contribution < -0.4 is 9.04 Å². The van der Waals surface area contributed by atoms with Gasteiger partial charge in [0.05, 0.1) is 18.0 Å². The Hall–Kier alpha value is -2.54. The van der Waals surface area contributed by atoms with E-state index >= 15 is 0 Å². The van der Waals surface area contributed by atoms with Crippen molar-refractivity contribution in [3.63, 3.8) is 0 Å². The van der Waals surface area contributed by atoms with E-state index in [0.717, 1.165) is 19.3 Å². The normalized spacial score (nSPS) is 19.8. The summed E-state index contributed by atoms with van der Waals surface area (Å²) in [5.74, 6) is 0.853. The molecule has 4 rings (SSSR count). The molecule has 1 fully saturated rings. The molecular weight excluding hydrogens is 400 g/mol. The number of carbonyl (C=O) groups is 1. The number of amides is 1. The molecule has 1 saturated heterocycles. The Kier molecular flexibility index (Phi) is 5.99. The zero-order valence-corrected chi connectivity index (χ0v) is 18.1. The fourth-order valence-corrected chi connectivity index (χ4v) is 5.38. The number of hydrogen-bond acceptors (Lipinski definition) is 4. The first kappa shape index (κ1) is 20.7. The summed E-state index contributed by atoms with van der Waals surface area (Å²) in [4.78, 5) is 15.0. The second-order valence-corrected chi connectivity index (χ2v) is 10.1. The fraction of sp³-hybridized carbons (Fsp3) is 0.435. The summed E-state index contributed by atoms with van der Waals surface area (Å²) in [6, 6.07) is 17.4. The van der Waals surface area contributed by atoms with Crippen molar-refractivity contribution in [3.8, 4) is 5.75 Å². The lowest BCUT2D eigenvalue weighted by atomic mass is 9.90. The monoisotopic (exact) mass is 428 g/mol. The molecule has 7 heteroatoms. The van der Waals surface area contributed by atoms with E-state index in [4.69, 9.17) is 4.74 Å². The molecule has 1 amide bonds. The van der Waals surface area contributed by atoms with Gasteiger partial charge in [0.1, 0.15) is 5.75 Å². The number of ether oxygens (including phenoxy) is 1. The summed E-state index contributed by atoms with van der Waals surface area (Å²) in [7, 11) is -3.49. The molecule has 0 N–H and O–H groups in total. The first-order valence-corrected chi connectivity index (χ1v) is 12.2. The molecule has 6 nitrogen and oxygen atoms in total. The Labute approximate surface area is 178 Å². The number of likely N-dealkylation sites (tertiary alicyclic amines) is 1. The highest BCUT2D eigenvalue weighted by molar-refractivity contribution is 7.92. The summed E-state index contributed by atoms with van der Waals surface area (Å²) >= 11 is 0. The lowest BCUT2D eigenvalue weighted by Crippen LogP contribution is -2.53. The van der Waals surface area contributed by atoms with Crippen LogP contribution in [0.4, 0.5) is 5.69 Å². The molecule has 2 aliphatic rings. The van der Waals surface area contributed by atoms with Gasteiger partial charge >= 0.3 is 0 Å². The Balaban J connectivity index is 1.43. The van der Waals surface area contributed by atoms with Gasteiger partial charge in [-0.2, -0.15) is 0 Å². The number of fused-ring (bicyclic) bond motifs is 1. The van der Waals surface area contributed by atoms with E-state index in [-0.39, 0.29) is 18.2 Å². The molecule has 30 heavy (non-hydrogen) atoms. The highest BCUT2D eigenvalue weighted by Gasteiger charge is 2.38. The van der Waals surface area contributed by atoms with Crippen molar-refractivity contribution < 1.29 is 17.9 Å². The van der Waals surface area contributed by atoms with Crippen LogP contribution in [0.25, 0.3) is 0 Å². The number of piperidine rings is 1. The number of hydrogen-bond donors (Lipinski definition) is 0. The largest absolute Gasteiger partial charge is 0.476 e. The van der Waals surface area contributed by atoms with Gasteiger partial charge in [-0.15, -0.1) is 0 Å². The summed E-state index contributed by atoms with van der Waals surface area (Å²) in [6.07, 6.45) is 2.10. The highest BCUT2D eigenvalue weighted by Crippen LogP contribution is 2.35. The van der Waals surface area contributed by atoms with E-state index < -0.39 is 16.1 Å². The lowest BCUT2D eigenvalue weighted by Gasteiger charge is -2.38. The Bertz CT molecular complexity index is 985. The Morgan fingerprint density at radius 1 is 1.03 bits per heavy atom. The molecule has 0 spiro atoms. The molecule has 2 heterocycles. The van der Waals surface area contributed by atoms with Crippen molar-refractivity contribution >= 4 is 21.6 Å². The molecule has 0 bridgehead atoms. The van der Waals surface area contributed by atoms with Gasteiger partial charge in [0.25, 0.3) is 5.91 Å². The zero-order valence-electron chi connectivity index (χ0n) is 17.2. The third-order valence-electron chi connectivity index (χ3n) is 6.00. The topological polar surface area (TPSA) is 66.9 Å². The van der Waals surface area contributed by atoms with Crippen LogP contribution in [0, 0.1) is 5.92 Å². The first-order valence-electron chi connectivity index (χ1n) is 10.6. The van der Waals surface area contributed by atoms with Crippen LogP contribution in [0.2, 0.25) is 0 Å². The second-order valence-electron chi connectivity index (χ2n) is 7.96. The van der Waals surface area contributed by atoms with Gasteiger partial charge in [0.15, 0.2) is 6.10 Å². The van der Waals surface area contributed by atoms with E-state index in [2.05, 4.69) is 24.3 Å². The van der Waals surface area contributed by atoms with E-state index in [0.29, 0.717) is 30.4 Å². The molecule has 1 atom stereocenters. The quantitative estimate of drug-likeness (QED) is 0.734. The fourth-order valence-electron chi connectivity index (χ4n) is 4.26. The summed E-state index contributed by atoms with van der Waals surface area (Å²) in [5, 5.41) is 0. The molecule has 0 unspecified atom stereocenters. The van der Waals surface area contributed by atoms with Crippen LogP contribution in [0.1, 0.15) is 25.3 Å². The van der Waals surface area contributed by atoms with Gasteiger partial charge in [-0.05, 0) is 49.8 Å². The molecular formula is C23H28N2O4S. The van der Waals surface area contributed by atoms with Crippen molar-refractivity contribution in [2.75, 3.05) is 29.7 Å². The molecule has 2 aromatic rings. The van der Waals surface area contributed by atoms with Crippen LogP contribution in [-0.2, 0) is 21.2 Å². The molecule has 160 valence electrons. The minimum Gasteiger partial charge on any atom is -0.476 e. The second kappa shape index (κ2) is 8.68. The number of nitrogens with zero attached hydrogens (tertiary/aromatic N) is 2. The van der Waals surface area contributed by atoms with Gasteiger partial charge < -0.3 is 9.64 Å². The number of sulfonamides is 1. The predicted octanol–water partition coefficient (Wildman–Crippen LogP) is 3.09. The van der Waals surface area contributed by atoms with Crippen molar-refractivity contribution in [1.82, 2.24) is 4.90 Å². The van der Waals surface area contributed by atoms with Gasteiger partial charge in [-0.25, -0.2) is 8.42 Å². The Morgan fingerprint density at radius 3 is 2.40 bits per heavy atom. The number of carbonyl (C=O) groups excluding carboxylic acids is 1. The molecule has 2 aliphatic heterocycles. The minimum atomic E-state index is -3.49. The van der Waals surface area contributed by atoms with Gasteiger partial charge in [0.2, 0.25) is 10.0 Å². The number of rotatable bonds is 5. The van der Waals surface area contributed by atoms with Crippen molar-refractivity contribution in [1.29, 1.82) is 0 Å². The van der Waals surface area contributed by atoms with E-state index in [9.17, 15) is 13.2 Å². The van der Waals surface area contributed by atoms with Crippen molar-refractivity contribution in [2.24, 2.45) is 5.92 Å². The average Bonchev–Trinajstić information content (AvgIpc) is 2.79. The van der Waals surface area contributed by atoms with E-state index in [1.807, 2.05) is 11.0 Å². The van der Waals surface area contributed by atoms with Crippen molar-refractivity contribution in [2.45, 2.75) is 32.3 Å². The third kappa shape index (κ3) is 4.31. The van der Waals surface area contributed by atoms with Crippen LogP contribution in [0.3, 0.4) is 0 Å². The molecule has 0 aromatic heterocycles. The third-order valence-corrected chi connectivity index (χ3v) is 7.75. The van der Waals surface area contributed by atoms with Gasteiger partial charge in [-0.1, -0.05) is 42.5 Å².